The minimum absolute atomic E-state index is 0.0830. The maximum absolute atomic E-state index is 13.3. The lowest BCUT2D eigenvalue weighted by Gasteiger charge is -2.31. The molecule has 0 amide bonds. The number of fused-ring (bicyclic) bond motifs is 1. The van der Waals surface area contributed by atoms with Gasteiger partial charge in [-0.2, -0.15) is 0 Å². The summed E-state index contributed by atoms with van der Waals surface area (Å²) in [6, 6.07) is 13.8. The maximum atomic E-state index is 13.3. The van der Waals surface area contributed by atoms with Gasteiger partial charge in [0.1, 0.15) is 5.41 Å². The highest BCUT2D eigenvalue weighted by Crippen LogP contribution is 2.48. The highest BCUT2D eigenvalue weighted by atomic mass is 79.9. The van der Waals surface area contributed by atoms with Gasteiger partial charge in [0.25, 0.3) is 0 Å². The number of ketones is 1. The Labute approximate surface area is 158 Å². The summed E-state index contributed by atoms with van der Waals surface area (Å²) in [5.74, 6) is -2.11. The first kappa shape index (κ1) is 18.3. The van der Waals surface area contributed by atoms with Crippen LogP contribution in [0.25, 0.3) is 0 Å². The molecule has 1 aliphatic rings. The zero-order chi connectivity index (χ0) is 18.9. The van der Waals surface area contributed by atoms with E-state index in [9.17, 15) is 19.7 Å². The molecule has 2 aromatic rings. The molecule has 6 nitrogen and oxygen atoms in total. The van der Waals surface area contributed by atoms with Gasteiger partial charge in [-0.05, 0) is 29.7 Å². The molecule has 0 aromatic heterocycles. The number of esters is 1. The molecule has 0 bridgehead atoms. The first-order chi connectivity index (χ1) is 12.4. The van der Waals surface area contributed by atoms with Crippen molar-refractivity contribution >= 4 is 27.7 Å². The summed E-state index contributed by atoms with van der Waals surface area (Å²) in [6.45, 7) is -0.550. The third-order valence-corrected chi connectivity index (χ3v) is 5.36. The number of halogens is 1. The highest BCUT2D eigenvalue weighted by Gasteiger charge is 2.59. The molecule has 0 radical (unpaired) electrons. The Hall–Kier alpha value is -2.54. The van der Waals surface area contributed by atoms with E-state index in [1.165, 1.54) is 7.11 Å². The molecule has 0 unspecified atom stereocenters. The highest BCUT2D eigenvalue weighted by molar-refractivity contribution is 9.10. The second-order valence-corrected chi connectivity index (χ2v) is 7.16. The fourth-order valence-corrected chi connectivity index (χ4v) is 4.12. The molecule has 26 heavy (non-hydrogen) atoms. The zero-order valence-electron chi connectivity index (χ0n) is 14.0. The number of hydrogen-bond acceptors (Lipinski definition) is 5. The summed E-state index contributed by atoms with van der Waals surface area (Å²) in [5.41, 5.74) is 0.0156. The Kier molecular flexibility index (Phi) is 4.91. The lowest BCUT2D eigenvalue weighted by molar-refractivity contribution is -0.485. The Morgan fingerprint density at radius 2 is 2.04 bits per heavy atom. The van der Waals surface area contributed by atoms with Crippen LogP contribution in [0.4, 0.5) is 0 Å². The molecule has 2 aromatic carbocycles. The fraction of sp³-hybridized carbons (Fsp3) is 0.263. The van der Waals surface area contributed by atoms with Crippen LogP contribution in [0.2, 0.25) is 0 Å². The van der Waals surface area contributed by atoms with Crippen LogP contribution in [0.15, 0.2) is 53.0 Å². The van der Waals surface area contributed by atoms with Gasteiger partial charge in [-0.15, -0.1) is 0 Å². The van der Waals surface area contributed by atoms with Crippen LogP contribution in [0, 0.1) is 15.5 Å². The van der Waals surface area contributed by atoms with Gasteiger partial charge in [0.2, 0.25) is 6.54 Å². The van der Waals surface area contributed by atoms with Gasteiger partial charge in [-0.3, -0.25) is 19.7 Å². The average molecular weight is 418 g/mol. The van der Waals surface area contributed by atoms with Crippen molar-refractivity contribution in [1.29, 1.82) is 0 Å². The van der Waals surface area contributed by atoms with Crippen molar-refractivity contribution < 1.29 is 19.2 Å². The number of hydrogen-bond donors (Lipinski definition) is 0. The van der Waals surface area contributed by atoms with Crippen molar-refractivity contribution in [2.24, 2.45) is 5.41 Å². The monoisotopic (exact) mass is 417 g/mol. The molecule has 0 aliphatic heterocycles. The Morgan fingerprint density at radius 3 is 2.65 bits per heavy atom. The van der Waals surface area contributed by atoms with Gasteiger partial charge >= 0.3 is 5.97 Å². The molecule has 0 saturated heterocycles. The molecule has 0 spiro atoms. The minimum Gasteiger partial charge on any atom is -0.468 e. The van der Waals surface area contributed by atoms with Gasteiger partial charge < -0.3 is 4.74 Å². The smallest absolute Gasteiger partial charge is 0.320 e. The van der Waals surface area contributed by atoms with Gasteiger partial charge in [0.15, 0.2) is 5.78 Å². The summed E-state index contributed by atoms with van der Waals surface area (Å²) < 4.78 is 5.67. The first-order valence-corrected chi connectivity index (χ1v) is 8.78. The third kappa shape index (κ3) is 2.92. The van der Waals surface area contributed by atoms with E-state index in [2.05, 4.69) is 15.9 Å². The number of nitro groups is 1. The summed E-state index contributed by atoms with van der Waals surface area (Å²) in [6.07, 6.45) is 0.0830. The van der Waals surface area contributed by atoms with E-state index in [1.807, 2.05) is 0 Å². The fourth-order valence-electron chi connectivity index (χ4n) is 3.71. The molecule has 134 valence electrons. The number of methoxy groups -OCH3 is 1. The molecule has 1 aliphatic carbocycles. The number of Topliss-reactive ketones (excluding diaryl/α,β-unsaturated/α-hetero) is 1. The van der Waals surface area contributed by atoms with Crippen LogP contribution in [0.1, 0.15) is 27.4 Å². The van der Waals surface area contributed by atoms with Crippen molar-refractivity contribution in [3.05, 3.63) is 79.8 Å². The molecule has 0 saturated carbocycles. The van der Waals surface area contributed by atoms with Crippen molar-refractivity contribution in [3.63, 3.8) is 0 Å². The predicted octanol–water partition coefficient (Wildman–Crippen LogP) is 3.41. The molecule has 3 rings (SSSR count). The number of benzene rings is 2. The summed E-state index contributed by atoms with van der Waals surface area (Å²) in [4.78, 5) is 37.0. The van der Waals surface area contributed by atoms with Crippen LogP contribution in [-0.2, 0) is 16.0 Å². The SMILES string of the molecule is COC(=O)[C@@]1([C@@H](C[N+](=O)[O-])c2cccc(Br)c2)Cc2ccccc2C1=O. The van der Waals surface area contributed by atoms with Crippen LogP contribution in [0.5, 0.6) is 0 Å². The quantitative estimate of drug-likeness (QED) is 0.322. The topological polar surface area (TPSA) is 86.5 Å². The lowest BCUT2D eigenvalue weighted by atomic mass is 9.69. The Balaban J connectivity index is 2.21. The van der Waals surface area contributed by atoms with E-state index in [1.54, 1.807) is 48.5 Å². The van der Waals surface area contributed by atoms with Gasteiger partial charge in [0, 0.05) is 15.0 Å². The Morgan fingerprint density at radius 1 is 1.31 bits per heavy atom. The molecular weight excluding hydrogens is 402 g/mol. The van der Waals surface area contributed by atoms with Crippen LogP contribution >= 0.6 is 15.9 Å². The number of ether oxygens (including phenoxy) is 1. The second-order valence-electron chi connectivity index (χ2n) is 6.25. The van der Waals surface area contributed by atoms with E-state index < -0.39 is 34.6 Å². The summed E-state index contributed by atoms with van der Waals surface area (Å²) >= 11 is 3.35. The Bertz CT molecular complexity index is 897. The zero-order valence-corrected chi connectivity index (χ0v) is 15.6. The van der Waals surface area contributed by atoms with Gasteiger partial charge in [-0.25, -0.2) is 0 Å². The average Bonchev–Trinajstić information content (AvgIpc) is 2.93. The molecule has 0 N–H and O–H groups in total. The lowest BCUT2D eigenvalue weighted by Crippen LogP contribution is -2.46. The van der Waals surface area contributed by atoms with Crippen LogP contribution in [0.3, 0.4) is 0 Å². The normalized spacial score (nSPS) is 19.7. The van der Waals surface area contributed by atoms with E-state index in [4.69, 9.17) is 4.74 Å². The summed E-state index contributed by atoms with van der Waals surface area (Å²) in [7, 11) is 1.20. The summed E-state index contributed by atoms with van der Waals surface area (Å²) in [5, 5.41) is 11.4. The van der Waals surface area contributed by atoms with Crippen molar-refractivity contribution in [2.45, 2.75) is 12.3 Å². The van der Waals surface area contributed by atoms with Crippen molar-refractivity contribution in [1.82, 2.24) is 0 Å². The van der Waals surface area contributed by atoms with Crippen LogP contribution in [-0.4, -0.2) is 30.3 Å². The molecule has 7 heteroatoms. The molecule has 2 atom stereocenters. The van der Waals surface area contributed by atoms with Crippen molar-refractivity contribution in [3.8, 4) is 0 Å². The van der Waals surface area contributed by atoms with E-state index in [0.717, 1.165) is 0 Å². The number of carbonyl (C=O) groups excluding carboxylic acids is 2. The number of nitrogens with zero attached hydrogens (tertiary/aromatic N) is 1. The van der Waals surface area contributed by atoms with Crippen molar-refractivity contribution in [2.75, 3.05) is 13.7 Å². The predicted molar refractivity (Wildman–Crippen MR) is 97.7 cm³/mol. The molecular formula is C19H16BrNO5. The molecule has 0 fully saturated rings. The number of carbonyl (C=O) groups is 2. The molecule has 0 heterocycles. The van der Waals surface area contributed by atoms with E-state index >= 15 is 0 Å². The van der Waals surface area contributed by atoms with E-state index in [0.29, 0.717) is 21.2 Å². The standard InChI is InChI=1S/C19H16BrNO5/c1-26-18(23)19(10-13-5-2-3-8-15(13)17(19)22)16(11-21(24)25)12-6-4-7-14(20)9-12/h2-9,16H,10-11H2,1H3/t16-,19+/m0/s1. The van der Waals surface area contributed by atoms with Gasteiger partial charge in [-0.1, -0.05) is 52.3 Å². The largest absolute Gasteiger partial charge is 0.468 e. The third-order valence-electron chi connectivity index (χ3n) is 4.86. The van der Waals surface area contributed by atoms with E-state index in [-0.39, 0.29) is 6.42 Å². The minimum atomic E-state index is -1.65. The number of rotatable bonds is 5. The second kappa shape index (κ2) is 6.99. The van der Waals surface area contributed by atoms with Crippen LogP contribution < -0.4 is 0 Å². The van der Waals surface area contributed by atoms with Gasteiger partial charge in [0.05, 0.1) is 13.0 Å². The first-order valence-electron chi connectivity index (χ1n) is 7.98. The maximum Gasteiger partial charge on any atom is 0.320 e.